The Morgan fingerprint density at radius 2 is 1.89 bits per heavy atom. The van der Waals surface area contributed by atoms with Crippen molar-refractivity contribution < 1.29 is 14.3 Å². The molecule has 2 amide bonds. The summed E-state index contributed by atoms with van der Waals surface area (Å²) in [6.45, 7) is 10.4. The molecule has 1 aliphatic heterocycles. The summed E-state index contributed by atoms with van der Waals surface area (Å²) in [5, 5.41) is 2.86. The number of likely N-dealkylation sites (tertiary alicyclic amines) is 1. The fraction of sp³-hybridized carbons (Fsp3) is 0.692. The monoisotopic (exact) mass is 252 g/mol. The van der Waals surface area contributed by atoms with Gasteiger partial charge in [0.05, 0.1) is 0 Å². The quantitative estimate of drug-likeness (QED) is 0.750. The van der Waals surface area contributed by atoms with Crippen molar-refractivity contribution in [2.75, 3.05) is 13.1 Å². The zero-order chi connectivity index (χ0) is 13.5. The zero-order valence-electron chi connectivity index (χ0n) is 11.1. The molecule has 2 fully saturated rings. The van der Waals surface area contributed by atoms with E-state index in [1.807, 2.05) is 20.8 Å². The van der Waals surface area contributed by atoms with E-state index in [2.05, 4.69) is 11.9 Å². The molecule has 0 radical (unpaired) electrons. The lowest BCUT2D eigenvalue weighted by atomic mass is 10.2. The van der Waals surface area contributed by atoms with Crippen molar-refractivity contribution >= 4 is 12.0 Å². The van der Waals surface area contributed by atoms with Crippen LogP contribution < -0.4 is 5.32 Å². The molecule has 0 aromatic carbocycles. The first kappa shape index (κ1) is 12.9. The maximum Gasteiger partial charge on any atom is 0.407 e. The van der Waals surface area contributed by atoms with Gasteiger partial charge in [-0.1, -0.05) is 6.58 Å². The van der Waals surface area contributed by atoms with Crippen LogP contribution in [0.2, 0.25) is 0 Å². The summed E-state index contributed by atoms with van der Waals surface area (Å²) in [7, 11) is 0. The topological polar surface area (TPSA) is 58.6 Å². The lowest BCUT2D eigenvalue weighted by molar-refractivity contribution is -0.125. The highest BCUT2D eigenvalue weighted by molar-refractivity contribution is 5.87. The van der Waals surface area contributed by atoms with E-state index in [0.29, 0.717) is 24.9 Å². The molecule has 1 aliphatic carbocycles. The Morgan fingerprint density at radius 3 is 2.33 bits per heavy atom. The molecular weight excluding hydrogens is 232 g/mol. The van der Waals surface area contributed by atoms with Gasteiger partial charge < -0.3 is 15.0 Å². The standard InChI is InChI=1S/C13H20N2O3/c1-5-10(16)15-6-8-9(7-15)11(8)14-12(17)18-13(2,3)4/h5,8-9,11H,1,6-7H2,2-4H3,(H,14,17)/t8-,9+,11?. The predicted octanol–water partition coefficient (Wildman–Crippen LogP) is 1.15. The molecule has 0 aromatic rings. The van der Waals surface area contributed by atoms with E-state index in [-0.39, 0.29) is 18.0 Å². The second kappa shape index (κ2) is 4.30. The van der Waals surface area contributed by atoms with Gasteiger partial charge >= 0.3 is 6.09 Å². The maximum absolute atomic E-state index is 11.6. The first-order chi connectivity index (χ1) is 8.31. The lowest BCUT2D eigenvalue weighted by Gasteiger charge is -2.21. The normalized spacial score (nSPS) is 29.5. The molecule has 1 heterocycles. The number of nitrogens with one attached hydrogen (secondary N) is 1. The van der Waals surface area contributed by atoms with Crippen LogP contribution in [0.5, 0.6) is 0 Å². The fourth-order valence-electron chi connectivity index (χ4n) is 2.49. The Morgan fingerprint density at radius 1 is 1.33 bits per heavy atom. The molecule has 18 heavy (non-hydrogen) atoms. The highest BCUT2D eigenvalue weighted by atomic mass is 16.6. The van der Waals surface area contributed by atoms with Crippen molar-refractivity contribution in [3.05, 3.63) is 12.7 Å². The summed E-state index contributed by atoms with van der Waals surface area (Å²) in [6, 6.07) is 0.161. The number of nitrogens with zero attached hydrogens (tertiary/aromatic N) is 1. The van der Waals surface area contributed by atoms with Crippen molar-refractivity contribution in [1.29, 1.82) is 0 Å². The predicted molar refractivity (Wildman–Crippen MR) is 66.9 cm³/mol. The summed E-state index contributed by atoms with van der Waals surface area (Å²) in [5.41, 5.74) is -0.473. The molecule has 100 valence electrons. The van der Waals surface area contributed by atoms with Crippen LogP contribution in [0, 0.1) is 11.8 Å². The van der Waals surface area contributed by atoms with E-state index < -0.39 is 5.60 Å². The third-order valence-electron chi connectivity index (χ3n) is 3.36. The molecule has 1 N–H and O–H groups in total. The first-order valence-corrected chi connectivity index (χ1v) is 6.22. The fourth-order valence-corrected chi connectivity index (χ4v) is 2.49. The smallest absolute Gasteiger partial charge is 0.407 e. The van der Waals surface area contributed by atoms with Crippen molar-refractivity contribution in [1.82, 2.24) is 10.2 Å². The third kappa shape index (κ3) is 2.66. The molecular formula is C13H20N2O3. The highest BCUT2D eigenvalue weighted by Crippen LogP contribution is 2.45. The van der Waals surface area contributed by atoms with Gasteiger partial charge in [0.2, 0.25) is 5.91 Å². The summed E-state index contributed by atoms with van der Waals surface area (Å²) in [6.07, 6.45) is 0.963. The van der Waals surface area contributed by atoms with Gasteiger partial charge in [0.1, 0.15) is 5.60 Å². The summed E-state index contributed by atoms with van der Waals surface area (Å²) in [4.78, 5) is 24.7. The Bertz CT molecular complexity index is 374. The number of amides is 2. The Kier molecular flexibility index (Phi) is 3.09. The van der Waals surface area contributed by atoms with Crippen LogP contribution in [-0.4, -0.2) is 41.6 Å². The van der Waals surface area contributed by atoms with Crippen LogP contribution in [0.15, 0.2) is 12.7 Å². The number of hydrogen-bond acceptors (Lipinski definition) is 3. The highest BCUT2D eigenvalue weighted by Gasteiger charge is 2.57. The van der Waals surface area contributed by atoms with Crippen molar-refractivity contribution in [3.8, 4) is 0 Å². The molecule has 2 rings (SSSR count). The van der Waals surface area contributed by atoms with Gasteiger partial charge in [-0.3, -0.25) is 4.79 Å². The van der Waals surface area contributed by atoms with Gasteiger partial charge in [0.25, 0.3) is 0 Å². The lowest BCUT2D eigenvalue weighted by Crippen LogP contribution is -2.39. The molecule has 1 unspecified atom stereocenters. The van der Waals surface area contributed by atoms with Gasteiger partial charge in [-0.2, -0.15) is 0 Å². The molecule has 1 saturated heterocycles. The van der Waals surface area contributed by atoms with E-state index in [4.69, 9.17) is 4.74 Å². The molecule has 0 spiro atoms. The van der Waals surface area contributed by atoms with Gasteiger partial charge in [-0.15, -0.1) is 0 Å². The second-order valence-electron chi connectivity index (χ2n) is 5.95. The van der Waals surface area contributed by atoms with Gasteiger partial charge in [0.15, 0.2) is 0 Å². The number of alkyl carbamates (subject to hydrolysis) is 1. The SMILES string of the molecule is C=CC(=O)N1C[C@@H]2C(NC(=O)OC(C)(C)C)[C@@H]2C1. The molecule has 5 heteroatoms. The first-order valence-electron chi connectivity index (χ1n) is 6.22. The van der Waals surface area contributed by atoms with Crippen LogP contribution in [0.1, 0.15) is 20.8 Å². The van der Waals surface area contributed by atoms with Gasteiger partial charge in [-0.05, 0) is 26.8 Å². The van der Waals surface area contributed by atoms with Gasteiger partial charge in [0, 0.05) is 31.0 Å². The second-order valence-corrected chi connectivity index (χ2v) is 5.95. The average molecular weight is 252 g/mol. The minimum absolute atomic E-state index is 0.0294. The Labute approximate surface area is 107 Å². The number of carbonyl (C=O) groups is 2. The van der Waals surface area contributed by atoms with E-state index in [1.165, 1.54) is 6.08 Å². The maximum atomic E-state index is 11.6. The van der Waals surface area contributed by atoms with Crippen LogP contribution in [0.4, 0.5) is 4.79 Å². The molecule has 1 saturated carbocycles. The van der Waals surface area contributed by atoms with E-state index >= 15 is 0 Å². The molecule has 0 aromatic heterocycles. The Hall–Kier alpha value is -1.52. The van der Waals surface area contributed by atoms with Crippen LogP contribution in [0.3, 0.4) is 0 Å². The zero-order valence-corrected chi connectivity index (χ0v) is 11.1. The number of rotatable bonds is 2. The third-order valence-corrected chi connectivity index (χ3v) is 3.36. The molecule has 2 aliphatic rings. The minimum atomic E-state index is -0.473. The molecule has 0 bridgehead atoms. The van der Waals surface area contributed by atoms with E-state index in [9.17, 15) is 9.59 Å². The number of carbonyl (C=O) groups excluding carboxylic acids is 2. The summed E-state index contributed by atoms with van der Waals surface area (Å²) >= 11 is 0. The number of fused-ring (bicyclic) bond motifs is 1. The number of piperidine rings is 1. The van der Waals surface area contributed by atoms with Crippen LogP contribution >= 0.6 is 0 Å². The van der Waals surface area contributed by atoms with Crippen molar-refractivity contribution in [2.45, 2.75) is 32.4 Å². The molecule has 3 atom stereocenters. The van der Waals surface area contributed by atoms with Crippen molar-refractivity contribution in [2.24, 2.45) is 11.8 Å². The Balaban J connectivity index is 1.76. The van der Waals surface area contributed by atoms with E-state index in [0.717, 1.165) is 0 Å². The largest absolute Gasteiger partial charge is 0.444 e. The summed E-state index contributed by atoms with van der Waals surface area (Å²) in [5.74, 6) is 0.723. The minimum Gasteiger partial charge on any atom is -0.444 e. The van der Waals surface area contributed by atoms with Crippen molar-refractivity contribution in [3.63, 3.8) is 0 Å². The van der Waals surface area contributed by atoms with E-state index in [1.54, 1.807) is 4.90 Å². The van der Waals surface area contributed by atoms with Gasteiger partial charge in [-0.25, -0.2) is 4.79 Å². The molecule has 5 nitrogen and oxygen atoms in total. The van der Waals surface area contributed by atoms with Crippen LogP contribution in [-0.2, 0) is 9.53 Å². The number of hydrogen-bond donors (Lipinski definition) is 1. The summed E-state index contributed by atoms with van der Waals surface area (Å²) < 4.78 is 5.20. The van der Waals surface area contributed by atoms with Crippen LogP contribution in [0.25, 0.3) is 0 Å². The number of ether oxygens (including phenoxy) is 1. The average Bonchev–Trinajstić information content (AvgIpc) is 2.73.